The molecule has 0 aliphatic heterocycles. The molecule has 0 aliphatic carbocycles. The average molecular weight is 384 g/mol. The Kier molecular flexibility index (Phi) is 7.58. The molecule has 1 amide bonds. The Labute approximate surface area is 165 Å². The molecule has 0 radical (unpaired) electrons. The highest BCUT2D eigenvalue weighted by Crippen LogP contribution is 2.26. The Morgan fingerprint density at radius 3 is 2.32 bits per heavy atom. The lowest BCUT2D eigenvalue weighted by atomic mass is 9.82. The van der Waals surface area contributed by atoms with Crippen molar-refractivity contribution in [3.63, 3.8) is 0 Å². The molecule has 2 aromatic carbocycles. The number of hydrogen-bond acceptors (Lipinski definition) is 4. The second-order valence-electron chi connectivity index (χ2n) is 6.78. The molecule has 0 saturated carbocycles. The van der Waals surface area contributed by atoms with Crippen molar-refractivity contribution < 1.29 is 19.4 Å². The van der Waals surface area contributed by atoms with Gasteiger partial charge in [0.25, 0.3) is 5.91 Å². The predicted octanol–water partition coefficient (Wildman–Crippen LogP) is 3.93. The molecular formula is C22H28N2O4. The zero-order chi connectivity index (χ0) is 20.6. The fourth-order valence-electron chi connectivity index (χ4n) is 3.03. The first-order valence-corrected chi connectivity index (χ1v) is 9.42. The van der Waals surface area contributed by atoms with Gasteiger partial charge >= 0.3 is 5.97 Å². The fourth-order valence-corrected chi connectivity index (χ4v) is 3.03. The van der Waals surface area contributed by atoms with Gasteiger partial charge in [-0.25, -0.2) is 0 Å². The zero-order valence-electron chi connectivity index (χ0n) is 16.6. The van der Waals surface area contributed by atoms with Gasteiger partial charge in [-0.1, -0.05) is 26.0 Å². The minimum atomic E-state index is -0.773. The number of carbonyl (C=O) groups excluding carboxylic acids is 1. The molecule has 0 heterocycles. The Morgan fingerprint density at radius 1 is 1.07 bits per heavy atom. The van der Waals surface area contributed by atoms with Crippen LogP contribution in [-0.2, 0) is 11.3 Å². The maximum atomic E-state index is 12.4. The summed E-state index contributed by atoms with van der Waals surface area (Å²) in [5.41, 5.74) is 1.45. The van der Waals surface area contributed by atoms with E-state index < -0.39 is 11.4 Å². The van der Waals surface area contributed by atoms with Crippen molar-refractivity contribution in [1.29, 1.82) is 0 Å². The lowest BCUT2D eigenvalue weighted by molar-refractivity contribution is -0.149. The van der Waals surface area contributed by atoms with Gasteiger partial charge in [0.05, 0.1) is 12.5 Å². The molecule has 6 nitrogen and oxygen atoms in total. The van der Waals surface area contributed by atoms with E-state index in [2.05, 4.69) is 10.6 Å². The molecule has 0 fully saturated rings. The van der Waals surface area contributed by atoms with Crippen LogP contribution in [0.25, 0.3) is 0 Å². The average Bonchev–Trinajstić information content (AvgIpc) is 2.71. The van der Waals surface area contributed by atoms with E-state index >= 15 is 0 Å². The third-order valence-corrected chi connectivity index (χ3v) is 5.14. The molecule has 0 aliphatic rings. The van der Waals surface area contributed by atoms with Crippen molar-refractivity contribution in [2.75, 3.05) is 19.0 Å². The van der Waals surface area contributed by atoms with E-state index in [0.717, 1.165) is 5.56 Å². The number of amides is 1. The van der Waals surface area contributed by atoms with Gasteiger partial charge in [0.2, 0.25) is 0 Å². The van der Waals surface area contributed by atoms with Crippen LogP contribution in [0.3, 0.4) is 0 Å². The van der Waals surface area contributed by atoms with Crippen molar-refractivity contribution >= 4 is 17.6 Å². The van der Waals surface area contributed by atoms with Crippen molar-refractivity contribution in [2.45, 2.75) is 33.2 Å². The number of anilines is 1. The summed E-state index contributed by atoms with van der Waals surface area (Å²) < 4.78 is 5.10. The van der Waals surface area contributed by atoms with Crippen molar-refractivity contribution in [3.05, 3.63) is 59.7 Å². The summed E-state index contributed by atoms with van der Waals surface area (Å²) in [7, 11) is 1.58. The number of benzene rings is 2. The van der Waals surface area contributed by atoms with E-state index in [4.69, 9.17) is 4.74 Å². The Morgan fingerprint density at radius 2 is 1.75 bits per heavy atom. The third-order valence-electron chi connectivity index (χ3n) is 5.14. The first kappa shape index (κ1) is 21.4. The smallest absolute Gasteiger partial charge is 0.310 e. The van der Waals surface area contributed by atoms with E-state index in [1.54, 1.807) is 31.4 Å². The van der Waals surface area contributed by atoms with Crippen LogP contribution in [0, 0.1) is 5.41 Å². The van der Waals surface area contributed by atoms with Crippen LogP contribution in [-0.4, -0.2) is 30.6 Å². The Bertz CT molecular complexity index is 798. The second-order valence-corrected chi connectivity index (χ2v) is 6.78. The number of hydrogen-bond donors (Lipinski definition) is 3. The first-order chi connectivity index (χ1) is 13.4. The number of carboxylic acid groups (broad SMARTS) is 1. The third kappa shape index (κ3) is 5.33. The number of carbonyl (C=O) groups is 2. The molecule has 6 heteroatoms. The van der Waals surface area contributed by atoms with Gasteiger partial charge in [-0.2, -0.15) is 0 Å². The molecule has 0 atom stereocenters. The minimum absolute atomic E-state index is 0.199. The van der Waals surface area contributed by atoms with Gasteiger partial charge in [0.1, 0.15) is 5.75 Å². The van der Waals surface area contributed by atoms with E-state index in [0.29, 0.717) is 42.9 Å². The number of methoxy groups -OCH3 is 1. The van der Waals surface area contributed by atoms with Crippen molar-refractivity contribution in [2.24, 2.45) is 5.41 Å². The summed E-state index contributed by atoms with van der Waals surface area (Å²) in [6.07, 6.45) is 1.15. The summed E-state index contributed by atoms with van der Waals surface area (Å²) in [6.45, 7) is 4.72. The van der Waals surface area contributed by atoms with Crippen LogP contribution < -0.4 is 15.4 Å². The Hall–Kier alpha value is -2.86. The molecule has 3 N–H and O–H groups in total. The van der Waals surface area contributed by atoms with E-state index in [-0.39, 0.29) is 5.91 Å². The van der Waals surface area contributed by atoms with Gasteiger partial charge in [-0.05, 0) is 54.8 Å². The quantitative estimate of drug-likeness (QED) is 0.578. The summed E-state index contributed by atoms with van der Waals surface area (Å²) in [4.78, 5) is 24.0. The number of carboxylic acids is 1. The highest BCUT2D eigenvalue weighted by molar-refractivity contribution is 6.04. The Balaban J connectivity index is 1.97. The molecule has 0 bridgehead atoms. The lowest BCUT2D eigenvalue weighted by Gasteiger charge is -2.27. The molecule has 0 unspecified atom stereocenters. The highest BCUT2D eigenvalue weighted by atomic mass is 16.5. The summed E-state index contributed by atoms with van der Waals surface area (Å²) >= 11 is 0. The second kappa shape index (κ2) is 9.90. The van der Waals surface area contributed by atoms with Crippen molar-refractivity contribution in [1.82, 2.24) is 5.32 Å². The van der Waals surface area contributed by atoms with Crippen molar-refractivity contribution in [3.8, 4) is 5.75 Å². The first-order valence-electron chi connectivity index (χ1n) is 9.42. The summed E-state index contributed by atoms with van der Waals surface area (Å²) in [5.74, 6) is -0.277. The molecule has 0 spiro atoms. The van der Waals surface area contributed by atoms with Crippen LogP contribution in [0.4, 0.5) is 5.69 Å². The summed E-state index contributed by atoms with van der Waals surface area (Å²) in [5, 5.41) is 15.6. The van der Waals surface area contributed by atoms with E-state index in [1.807, 2.05) is 38.1 Å². The van der Waals surface area contributed by atoms with Crippen LogP contribution in [0.1, 0.15) is 42.6 Å². The molecule has 0 aromatic heterocycles. The maximum Gasteiger partial charge on any atom is 0.310 e. The number of aliphatic carboxylic acids is 1. The fraction of sp³-hybridized carbons (Fsp3) is 0.364. The maximum absolute atomic E-state index is 12.4. The van der Waals surface area contributed by atoms with Crippen LogP contribution in [0.15, 0.2) is 48.5 Å². The normalized spacial score (nSPS) is 11.1. The molecule has 28 heavy (non-hydrogen) atoms. The summed E-state index contributed by atoms with van der Waals surface area (Å²) in [6, 6.07) is 14.4. The predicted molar refractivity (Wildman–Crippen MR) is 110 cm³/mol. The molecule has 150 valence electrons. The molecule has 0 saturated heterocycles. The van der Waals surface area contributed by atoms with Crippen LogP contribution >= 0.6 is 0 Å². The van der Waals surface area contributed by atoms with Crippen LogP contribution in [0.5, 0.6) is 5.75 Å². The highest BCUT2D eigenvalue weighted by Gasteiger charge is 2.34. The van der Waals surface area contributed by atoms with Gasteiger partial charge in [-0.3, -0.25) is 9.59 Å². The molecule has 2 aromatic rings. The molecular weight excluding hydrogens is 356 g/mol. The van der Waals surface area contributed by atoms with E-state index in [9.17, 15) is 14.7 Å². The number of ether oxygens (including phenoxy) is 1. The largest absolute Gasteiger partial charge is 0.497 e. The zero-order valence-corrected chi connectivity index (χ0v) is 16.6. The topological polar surface area (TPSA) is 87.7 Å². The van der Waals surface area contributed by atoms with Gasteiger partial charge < -0.3 is 20.5 Å². The minimum Gasteiger partial charge on any atom is -0.497 e. The van der Waals surface area contributed by atoms with E-state index in [1.165, 1.54) is 0 Å². The van der Waals surface area contributed by atoms with Gasteiger partial charge in [0, 0.05) is 24.3 Å². The monoisotopic (exact) mass is 384 g/mol. The lowest BCUT2D eigenvalue weighted by Crippen LogP contribution is -2.40. The molecule has 2 rings (SSSR count). The SMILES string of the molecule is CCC(CC)(CNCc1cccc(NC(=O)c2ccc(OC)cc2)c1)C(=O)O. The van der Waals surface area contributed by atoms with Gasteiger partial charge in [0.15, 0.2) is 0 Å². The van der Waals surface area contributed by atoms with Gasteiger partial charge in [-0.15, -0.1) is 0 Å². The number of nitrogens with one attached hydrogen (secondary N) is 2. The number of rotatable bonds is 10. The standard InChI is InChI=1S/C22H28N2O4/c1-4-22(5-2,21(26)27)15-23-14-16-7-6-8-18(13-16)24-20(25)17-9-11-19(28-3)12-10-17/h6-13,23H,4-5,14-15H2,1-3H3,(H,24,25)(H,26,27). The van der Waals surface area contributed by atoms with Crippen LogP contribution in [0.2, 0.25) is 0 Å².